The lowest BCUT2D eigenvalue weighted by molar-refractivity contribution is 0.634. The monoisotopic (exact) mass is 271 g/mol. The molecule has 1 aromatic heterocycles. The number of thioether (sulfide) groups is 1. The van der Waals surface area contributed by atoms with Crippen LogP contribution in [0.2, 0.25) is 0 Å². The number of aliphatic imine (C=N–C) groups is 1. The predicted molar refractivity (Wildman–Crippen MR) is 84.0 cm³/mol. The SMILES string of the molecule is CCC1CCSC(Nc2ccc3ncccc3c2)=N1. The fourth-order valence-corrected chi connectivity index (χ4v) is 3.20. The third kappa shape index (κ3) is 2.89. The van der Waals surface area contributed by atoms with Gasteiger partial charge in [0.15, 0.2) is 5.17 Å². The second-order valence-electron chi connectivity index (χ2n) is 4.67. The first kappa shape index (κ1) is 12.5. The Kier molecular flexibility index (Phi) is 3.69. The molecule has 2 heterocycles. The van der Waals surface area contributed by atoms with E-state index in [0.29, 0.717) is 6.04 Å². The normalized spacial score (nSPS) is 19.2. The average Bonchev–Trinajstić information content (AvgIpc) is 2.47. The maximum atomic E-state index is 4.73. The average molecular weight is 271 g/mol. The summed E-state index contributed by atoms with van der Waals surface area (Å²) >= 11 is 1.81. The van der Waals surface area contributed by atoms with Crippen LogP contribution in [0.4, 0.5) is 5.69 Å². The van der Waals surface area contributed by atoms with Gasteiger partial charge in [0.05, 0.1) is 11.6 Å². The molecule has 1 aliphatic rings. The lowest BCUT2D eigenvalue weighted by Gasteiger charge is -2.19. The van der Waals surface area contributed by atoms with E-state index in [2.05, 4.69) is 35.4 Å². The minimum atomic E-state index is 0.478. The summed E-state index contributed by atoms with van der Waals surface area (Å²) in [7, 11) is 0. The molecule has 1 aliphatic heterocycles. The molecule has 1 N–H and O–H groups in total. The van der Waals surface area contributed by atoms with Crippen LogP contribution in [-0.4, -0.2) is 21.9 Å². The Morgan fingerprint density at radius 1 is 1.37 bits per heavy atom. The Balaban J connectivity index is 1.83. The molecule has 4 heteroatoms. The van der Waals surface area contributed by atoms with Gasteiger partial charge in [-0.3, -0.25) is 9.98 Å². The van der Waals surface area contributed by atoms with Crippen molar-refractivity contribution >= 4 is 33.5 Å². The molecule has 0 saturated carbocycles. The van der Waals surface area contributed by atoms with E-state index in [1.165, 1.54) is 6.42 Å². The first-order valence-corrected chi connectivity index (χ1v) is 7.66. The molecule has 0 bridgehead atoms. The number of nitrogens with zero attached hydrogens (tertiary/aromatic N) is 2. The van der Waals surface area contributed by atoms with Crippen molar-refractivity contribution in [2.24, 2.45) is 4.99 Å². The summed E-state index contributed by atoms with van der Waals surface area (Å²) < 4.78 is 0. The van der Waals surface area contributed by atoms with Gasteiger partial charge in [-0.15, -0.1) is 0 Å². The number of aromatic nitrogens is 1. The van der Waals surface area contributed by atoms with Crippen LogP contribution >= 0.6 is 11.8 Å². The van der Waals surface area contributed by atoms with E-state index < -0.39 is 0 Å². The van der Waals surface area contributed by atoms with Crippen LogP contribution in [0.25, 0.3) is 10.9 Å². The van der Waals surface area contributed by atoms with Gasteiger partial charge < -0.3 is 5.32 Å². The largest absolute Gasteiger partial charge is 0.335 e. The molecule has 1 atom stereocenters. The molecule has 0 radical (unpaired) electrons. The number of benzene rings is 1. The summed E-state index contributed by atoms with van der Waals surface area (Å²) in [5.74, 6) is 1.15. The zero-order valence-electron chi connectivity index (χ0n) is 11.0. The van der Waals surface area contributed by atoms with Gasteiger partial charge in [0.2, 0.25) is 0 Å². The fourth-order valence-electron chi connectivity index (χ4n) is 2.20. The molecular formula is C15H17N3S. The van der Waals surface area contributed by atoms with Crippen LogP contribution < -0.4 is 5.32 Å². The summed E-state index contributed by atoms with van der Waals surface area (Å²) in [5, 5.41) is 5.62. The van der Waals surface area contributed by atoms with Crippen molar-refractivity contribution in [1.29, 1.82) is 0 Å². The summed E-state index contributed by atoms with van der Waals surface area (Å²) in [6.45, 7) is 2.20. The Morgan fingerprint density at radius 3 is 3.21 bits per heavy atom. The molecule has 0 fully saturated rings. The van der Waals surface area contributed by atoms with Crippen LogP contribution in [0.15, 0.2) is 41.5 Å². The minimum Gasteiger partial charge on any atom is -0.335 e. The molecule has 0 spiro atoms. The fraction of sp³-hybridized carbons (Fsp3) is 0.333. The Bertz CT molecular complexity index is 609. The highest BCUT2D eigenvalue weighted by atomic mass is 32.2. The molecule has 98 valence electrons. The highest BCUT2D eigenvalue weighted by Gasteiger charge is 2.13. The molecule has 2 aromatic rings. The van der Waals surface area contributed by atoms with Crippen molar-refractivity contribution in [1.82, 2.24) is 4.98 Å². The number of pyridine rings is 1. The Hall–Kier alpha value is -1.55. The van der Waals surface area contributed by atoms with Gasteiger partial charge in [-0.1, -0.05) is 24.8 Å². The summed E-state index contributed by atoms with van der Waals surface area (Å²) in [6.07, 6.45) is 4.13. The van der Waals surface area contributed by atoms with Crippen LogP contribution in [0.1, 0.15) is 19.8 Å². The highest BCUT2D eigenvalue weighted by Crippen LogP contribution is 2.23. The quantitative estimate of drug-likeness (QED) is 0.899. The standard InChI is InChI=1S/C15H17N3S/c1-2-12-7-9-19-15(17-12)18-13-5-6-14-11(10-13)4-3-8-16-14/h3-6,8,10,12H,2,7,9H2,1H3,(H,17,18). The summed E-state index contributed by atoms with van der Waals surface area (Å²) in [5.41, 5.74) is 2.11. The van der Waals surface area contributed by atoms with E-state index in [0.717, 1.165) is 33.9 Å². The second kappa shape index (κ2) is 5.61. The smallest absolute Gasteiger partial charge is 0.161 e. The topological polar surface area (TPSA) is 37.3 Å². The van der Waals surface area contributed by atoms with Crippen molar-refractivity contribution in [2.45, 2.75) is 25.8 Å². The molecule has 3 nitrogen and oxygen atoms in total. The van der Waals surface area contributed by atoms with Crippen molar-refractivity contribution < 1.29 is 0 Å². The first-order chi connectivity index (χ1) is 9.35. The molecule has 0 amide bonds. The molecular weight excluding hydrogens is 254 g/mol. The molecule has 19 heavy (non-hydrogen) atoms. The van der Waals surface area contributed by atoms with Gasteiger partial charge in [-0.05, 0) is 37.1 Å². The van der Waals surface area contributed by atoms with Crippen molar-refractivity contribution in [3.05, 3.63) is 36.5 Å². The zero-order chi connectivity index (χ0) is 13.1. The van der Waals surface area contributed by atoms with E-state index in [4.69, 9.17) is 4.99 Å². The van der Waals surface area contributed by atoms with Crippen molar-refractivity contribution in [3.63, 3.8) is 0 Å². The lowest BCUT2D eigenvalue weighted by atomic mass is 10.2. The van der Waals surface area contributed by atoms with Crippen LogP contribution in [0.5, 0.6) is 0 Å². The van der Waals surface area contributed by atoms with E-state index in [1.807, 2.05) is 18.3 Å². The summed E-state index contributed by atoms with van der Waals surface area (Å²) in [4.78, 5) is 9.06. The highest BCUT2D eigenvalue weighted by molar-refractivity contribution is 8.14. The van der Waals surface area contributed by atoms with Gasteiger partial charge in [-0.25, -0.2) is 0 Å². The first-order valence-electron chi connectivity index (χ1n) is 6.67. The van der Waals surface area contributed by atoms with Crippen molar-refractivity contribution in [2.75, 3.05) is 11.1 Å². The third-order valence-corrected chi connectivity index (χ3v) is 4.24. The number of rotatable bonds is 2. The van der Waals surface area contributed by atoms with Gasteiger partial charge in [-0.2, -0.15) is 0 Å². The lowest BCUT2D eigenvalue weighted by Crippen LogP contribution is -2.19. The van der Waals surface area contributed by atoms with Crippen LogP contribution in [0.3, 0.4) is 0 Å². The minimum absolute atomic E-state index is 0.478. The number of hydrogen-bond donors (Lipinski definition) is 1. The van der Waals surface area contributed by atoms with Crippen molar-refractivity contribution in [3.8, 4) is 0 Å². The summed E-state index contributed by atoms with van der Waals surface area (Å²) in [6, 6.07) is 10.8. The second-order valence-corrected chi connectivity index (χ2v) is 5.75. The maximum Gasteiger partial charge on any atom is 0.161 e. The molecule has 1 unspecified atom stereocenters. The number of anilines is 1. The van der Waals surface area contributed by atoms with E-state index >= 15 is 0 Å². The van der Waals surface area contributed by atoms with Crippen LogP contribution in [0, 0.1) is 0 Å². The van der Waals surface area contributed by atoms with Gasteiger partial charge in [0.1, 0.15) is 0 Å². The van der Waals surface area contributed by atoms with E-state index in [-0.39, 0.29) is 0 Å². The number of amidine groups is 1. The molecule has 3 rings (SSSR count). The Morgan fingerprint density at radius 2 is 2.32 bits per heavy atom. The predicted octanol–water partition coefficient (Wildman–Crippen LogP) is 3.92. The number of nitrogens with one attached hydrogen (secondary N) is 1. The van der Waals surface area contributed by atoms with Crippen LogP contribution in [-0.2, 0) is 0 Å². The Labute approximate surface area is 117 Å². The number of fused-ring (bicyclic) bond motifs is 1. The molecule has 1 aromatic carbocycles. The van der Waals surface area contributed by atoms with E-state index in [1.54, 1.807) is 11.8 Å². The third-order valence-electron chi connectivity index (χ3n) is 3.32. The van der Waals surface area contributed by atoms with Gasteiger partial charge in [0.25, 0.3) is 0 Å². The van der Waals surface area contributed by atoms with Gasteiger partial charge >= 0.3 is 0 Å². The maximum absolute atomic E-state index is 4.73. The van der Waals surface area contributed by atoms with Gasteiger partial charge in [0, 0.05) is 23.0 Å². The zero-order valence-corrected chi connectivity index (χ0v) is 11.8. The molecule has 0 saturated heterocycles. The molecule has 0 aliphatic carbocycles. The van der Waals surface area contributed by atoms with E-state index in [9.17, 15) is 0 Å². The number of hydrogen-bond acceptors (Lipinski definition) is 4.